The summed E-state index contributed by atoms with van der Waals surface area (Å²) in [4.78, 5) is 8.18. The minimum Gasteiger partial charge on any atom is -0.465 e. The Bertz CT molecular complexity index is 466. The van der Waals surface area contributed by atoms with E-state index in [1.807, 2.05) is 6.92 Å². The number of hydrogen-bond acceptors (Lipinski definition) is 3. The Hall–Kier alpha value is -1.29. The van der Waals surface area contributed by atoms with Gasteiger partial charge in [0.15, 0.2) is 5.65 Å². The van der Waals surface area contributed by atoms with Crippen molar-refractivity contribution >= 4 is 22.8 Å². The Morgan fingerprint density at radius 2 is 2.43 bits per heavy atom. The van der Waals surface area contributed by atoms with Crippen LogP contribution in [0, 0.1) is 7.05 Å². The van der Waals surface area contributed by atoms with E-state index in [4.69, 9.17) is 23.4 Å². The average molecular weight is 210 g/mol. The van der Waals surface area contributed by atoms with E-state index < -0.39 is 0 Å². The van der Waals surface area contributed by atoms with Crippen LogP contribution in [0.4, 0.5) is 0 Å². The molecule has 72 valence electrons. The molecule has 2 heterocycles. The maximum absolute atomic E-state index is 5.92. The van der Waals surface area contributed by atoms with Gasteiger partial charge in [-0.05, 0) is 13.0 Å². The third-order valence-electron chi connectivity index (χ3n) is 1.77. The molecule has 2 radical (unpaired) electrons. The monoisotopic (exact) mass is 209 g/mol. The third kappa shape index (κ3) is 1.32. The van der Waals surface area contributed by atoms with E-state index in [1.54, 1.807) is 12.3 Å². The molecule has 0 unspecified atom stereocenters. The van der Waals surface area contributed by atoms with Crippen molar-refractivity contribution in [3.05, 3.63) is 24.3 Å². The van der Waals surface area contributed by atoms with Crippen LogP contribution in [0.1, 0.15) is 6.92 Å². The van der Waals surface area contributed by atoms with Crippen LogP contribution in [-0.4, -0.2) is 21.1 Å². The highest BCUT2D eigenvalue weighted by Gasteiger charge is 2.11. The van der Waals surface area contributed by atoms with Crippen LogP contribution in [0.5, 0.6) is 6.01 Å². The third-order valence-corrected chi connectivity index (χ3v) is 2.08. The first-order valence-electron chi connectivity index (χ1n) is 4.15. The van der Waals surface area contributed by atoms with E-state index in [-0.39, 0.29) is 0 Å². The molecule has 0 aliphatic rings. The van der Waals surface area contributed by atoms with Gasteiger partial charge in [-0.1, -0.05) is 11.6 Å². The van der Waals surface area contributed by atoms with Crippen LogP contribution in [-0.2, 0) is 0 Å². The summed E-state index contributed by atoms with van der Waals surface area (Å²) in [6.45, 7) is 2.35. The second-order valence-corrected chi connectivity index (χ2v) is 3.07. The predicted octanol–water partition coefficient (Wildman–Crippen LogP) is 2.00. The molecule has 14 heavy (non-hydrogen) atoms. The minimum atomic E-state index is 0.322. The molecular weight excluding hydrogens is 202 g/mol. The quantitative estimate of drug-likeness (QED) is 0.760. The Morgan fingerprint density at radius 3 is 3.07 bits per heavy atom. The van der Waals surface area contributed by atoms with Crippen LogP contribution < -0.4 is 4.74 Å². The molecule has 0 N–H and O–H groups in total. The Kier molecular flexibility index (Phi) is 2.29. The molecule has 0 aliphatic carbocycles. The molecule has 5 heteroatoms. The smallest absolute Gasteiger partial charge is 0.299 e. The first-order chi connectivity index (χ1) is 6.74. The van der Waals surface area contributed by atoms with Crippen LogP contribution in [0.25, 0.3) is 11.2 Å². The van der Waals surface area contributed by atoms with Gasteiger partial charge < -0.3 is 4.74 Å². The Morgan fingerprint density at radius 1 is 1.64 bits per heavy atom. The van der Waals surface area contributed by atoms with Crippen molar-refractivity contribution < 1.29 is 4.74 Å². The SMILES string of the molecule is [CH]n1c(OCC)nc2c(Cl)ccnc21. The van der Waals surface area contributed by atoms with E-state index in [1.165, 1.54) is 4.57 Å². The second kappa shape index (κ2) is 3.46. The summed E-state index contributed by atoms with van der Waals surface area (Å²) in [5, 5.41) is 0.514. The summed E-state index contributed by atoms with van der Waals surface area (Å²) >= 11 is 5.92. The molecular formula is C9H8ClN3O. The molecule has 0 atom stereocenters. The number of nitrogens with zero attached hydrogens (tertiary/aromatic N) is 3. The predicted molar refractivity (Wildman–Crippen MR) is 53.4 cm³/mol. The van der Waals surface area contributed by atoms with Gasteiger partial charge in [-0.2, -0.15) is 4.98 Å². The largest absolute Gasteiger partial charge is 0.465 e. The molecule has 2 aromatic rings. The van der Waals surface area contributed by atoms with E-state index in [2.05, 4.69) is 9.97 Å². The lowest BCUT2D eigenvalue weighted by Crippen LogP contribution is -1.98. The number of imidazole rings is 1. The second-order valence-electron chi connectivity index (χ2n) is 2.66. The number of pyridine rings is 1. The van der Waals surface area contributed by atoms with Crippen molar-refractivity contribution in [3.63, 3.8) is 0 Å². The fourth-order valence-corrected chi connectivity index (χ4v) is 1.35. The van der Waals surface area contributed by atoms with Crippen molar-refractivity contribution in [2.24, 2.45) is 0 Å². The summed E-state index contributed by atoms with van der Waals surface area (Å²) in [5.41, 5.74) is 1.07. The van der Waals surface area contributed by atoms with E-state index in [9.17, 15) is 0 Å². The number of fused-ring (bicyclic) bond motifs is 1. The van der Waals surface area contributed by atoms with Crippen LogP contribution >= 0.6 is 11.6 Å². The fourth-order valence-electron chi connectivity index (χ4n) is 1.17. The summed E-state index contributed by atoms with van der Waals surface area (Å²) in [5.74, 6) is 0. The van der Waals surface area contributed by atoms with Gasteiger partial charge in [-0.15, -0.1) is 0 Å². The van der Waals surface area contributed by atoms with Crippen molar-refractivity contribution in [1.82, 2.24) is 14.5 Å². The Labute approximate surface area is 86.5 Å². The number of rotatable bonds is 2. The van der Waals surface area contributed by atoms with E-state index >= 15 is 0 Å². The highest BCUT2D eigenvalue weighted by Crippen LogP contribution is 2.24. The number of ether oxygens (including phenoxy) is 1. The van der Waals surface area contributed by atoms with Crippen LogP contribution in [0.2, 0.25) is 5.02 Å². The minimum absolute atomic E-state index is 0.322. The lowest BCUT2D eigenvalue weighted by molar-refractivity contribution is 0.308. The molecule has 4 nitrogen and oxygen atoms in total. The van der Waals surface area contributed by atoms with Gasteiger partial charge in [0.2, 0.25) is 0 Å². The zero-order chi connectivity index (χ0) is 10.1. The standard InChI is InChI=1S/C9H8ClN3O/c1-3-14-9-12-7-6(10)4-5-11-8(7)13(9)2/h2,4-5H,3H2,1H3. The normalized spacial score (nSPS) is 10.8. The number of aromatic nitrogens is 3. The van der Waals surface area contributed by atoms with Gasteiger partial charge in [0.05, 0.1) is 18.7 Å². The van der Waals surface area contributed by atoms with Gasteiger partial charge in [-0.25, -0.2) is 4.98 Å². The fraction of sp³-hybridized carbons (Fsp3) is 0.222. The zero-order valence-electron chi connectivity index (χ0n) is 7.57. The van der Waals surface area contributed by atoms with E-state index in [0.717, 1.165) is 0 Å². The molecule has 0 saturated carbocycles. The number of halogens is 1. The van der Waals surface area contributed by atoms with Gasteiger partial charge in [0.25, 0.3) is 6.01 Å². The highest BCUT2D eigenvalue weighted by atomic mass is 35.5. The first kappa shape index (κ1) is 9.27. The van der Waals surface area contributed by atoms with Crippen molar-refractivity contribution in [3.8, 4) is 6.01 Å². The average Bonchev–Trinajstić information content (AvgIpc) is 2.48. The zero-order valence-corrected chi connectivity index (χ0v) is 8.32. The molecule has 0 aliphatic heterocycles. The lowest BCUT2D eigenvalue weighted by atomic mass is 10.4. The van der Waals surface area contributed by atoms with Crippen molar-refractivity contribution in [1.29, 1.82) is 0 Å². The molecule has 0 spiro atoms. The van der Waals surface area contributed by atoms with Gasteiger partial charge in [-0.3, -0.25) is 4.57 Å². The van der Waals surface area contributed by atoms with Crippen LogP contribution in [0.15, 0.2) is 12.3 Å². The van der Waals surface area contributed by atoms with Crippen molar-refractivity contribution in [2.45, 2.75) is 6.92 Å². The van der Waals surface area contributed by atoms with Gasteiger partial charge >= 0.3 is 0 Å². The van der Waals surface area contributed by atoms with Crippen molar-refractivity contribution in [2.75, 3.05) is 6.61 Å². The molecule has 0 bridgehead atoms. The lowest BCUT2D eigenvalue weighted by Gasteiger charge is -1.99. The summed E-state index contributed by atoms with van der Waals surface area (Å²) in [6, 6.07) is 1.98. The van der Waals surface area contributed by atoms with E-state index in [0.29, 0.717) is 28.8 Å². The number of hydrogen-bond donors (Lipinski definition) is 0. The maximum atomic E-state index is 5.92. The summed E-state index contributed by atoms with van der Waals surface area (Å²) < 4.78 is 6.49. The van der Waals surface area contributed by atoms with Gasteiger partial charge in [0.1, 0.15) is 5.52 Å². The molecule has 0 aromatic carbocycles. The molecule has 2 aromatic heterocycles. The molecule has 2 rings (SSSR count). The Balaban J connectivity index is 2.67. The maximum Gasteiger partial charge on any atom is 0.299 e. The summed E-state index contributed by atoms with van der Waals surface area (Å²) in [6.07, 6.45) is 1.57. The molecule has 0 fully saturated rings. The highest BCUT2D eigenvalue weighted by molar-refractivity contribution is 6.34. The first-order valence-corrected chi connectivity index (χ1v) is 4.52. The van der Waals surface area contributed by atoms with Gasteiger partial charge in [0, 0.05) is 6.20 Å². The van der Waals surface area contributed by atoms with Crippen LogP contribution in [0.3, 0.4) is 0 Å². The molecule has 0 saturated heterocycles. The molecule has 0 amide bonds. The summed E-state index contributed by atoms with van der Waals surface area (Å²) in [7, 11) is 5.70. The topological polar surface area (TPSA) is 39.9 Å².